The van der Waals surface area contributed by atoms with Crippen molar-refractivity contribution in [3.63, 3.8) is 0 Å². The van der Waals surface area contributed by atoms with Crippen molar-refractivity contribution in [3.8, 4) is 5.75 Å². The molecule has 0 aliphatic carbocycles. The van der Waals surface area contributed by atoms with Crippen molar-refractivity contribution >= 4 is 10.9 Å². The van der Waals surface area contributed by atoms with Gasteiger partial charge in [-0.1, -0.05) is 12.1 Å². The summed E-state index contributed by atoms with van der Waals surface area (Å²) in [6.07, 6.45) is 2.25. The van der Waals surface area contributed by atoms with Crippen molar-refractivity contribution in [2.24, 2.45) is 0 Å². The molecule has 0 atom stereocenters. The number of rotatable bonds is 0. The predicted octanol–water partition coefficient (Wildman–Crippen LogP) is 2.07. The summed E-state index contributed by atoms with van der Waals surface area (Å²) >= 11 is 0. The van der Waals surface area contributed by atoms with Gasteiger partial charge in [-0.15, -0.1) is 0 Å². The molecule has 0 fully saturated rings. The molecule has 4 rings (SSSR count). The van der Waals surface area contributed by atoms with Gasteiger partial charge in [0.2, 0.25) is 0 Å². The molecule has 0 bridgehead atoms. The SMILES string of the molecule is c1cc2c3c(c1)c1c(n3CCCO2)CCNC1. The number of benzene rings is 1. The topological polar surface area (TPSA) is 26.2 Å². The standard InChI is InChI=1S/C14H16N2O/c1-3-10-11-9-15-6-5-12(11)16-7-2-8-17-13(4-1)14(10)16/h1,3-4,15H,2,5-9H2. The van der Waals surface area contributed by atoms with Crippen molar-refractivity contribution in [3.05, 3.63) is 29.5 Å². The molecule has 1 N–H and O–H groups in total. The van der Waals surface area contributed by atoms with Crippen LogP contribution in [0.5, 0.6) is 5.75 Å². The van der Waals surface area contributed by atoms with E-state index in [9.17, 15) is 0 Å². The second-order valence-electron chi connectivity index (χ2n) is 4.86. The van der Waals surface area contributed by atoms with Gasteiger partial charge >= 0.3 is 0 Å². The number of fused-ring (bicyclic) bond motifs is 3. The van der Waals surface area contributed by atoms with Crippen LogP contribution in [0.15, 0.2) is 18.2 Å². The molecule has 0 saturated carbocycles. The van der Waals surface area contributed by atoms with Crippen LogP contribution < -0.4 is 10.1 Å². The van der Waals surface area contributed by atoms with E-state index in [1.807, 2.05) is 0 Å². The number of ether oxygens (including phenoxy) is 1. The normalized spacial score (nSPS) is 18.6. The maximum atomic E-state index is 5.86. The molecule has 3 heterocycles. The van der Waals surface area contributed by atoms with Gasteiger partial charge < -0.3 is 14.6 Å². The van der Waals surface area contributed by atoms with Crippen molar-refractivity contribution < 1.29 is 4.74 Å². The van der Waals surface area contributed by atoms with E-state index in [-0.39, 0.29) is 0 Å². The minimum atomic E-state index is 0.841. The van der Waals surface area contributed by atoms with Gasteiger partial charge in [0.1, 0.15) is 5.75 Å². The van der Waals surface area contributed by atoms with E-state index in [0.29, 0.717) is 0 Å². The first kappa shape index (κ1) is 9.54. The van der Waals surface area contributed by atoms with Crippen LogP contribution in [-0.4, -0.2) is 17.7 Å². The molecule has 3 heteroatoms. The Balaban J connectivity index is 2.11. The molecule has 2 aliphatic heterocycles. The van der Waals surface area contributed by atoms with E-state index in [0.717, 1.165) is 44.8 Å². The van der Waals surface area contributed by atoms with Gasteiger partial charge in [0.25, 0.3) is 0 Å². The van der Waals surface area contributed by atoms with Crippen LogP contribution in [0.4, 0.5) is 0 Å². The number of nitrogens with zero attached hydrogens (tertiary/aromatic N) is 1. The van der Waals surface area contributed by atoms with Gasteiger partial charge in [0, 0.05) is 37.1 Å². The summed E-state index contributed by atoms with van der Waals surface area (Å²) in [6, 6.07) is 6.45. The fraction of sp³-hybridized carbons (Fsp3) is 0.429. The largest absolute Gasteiger partial charge is 0.491 e. The molecule has 1 aromatic heterocycles. The van der Waals surface area contributed by atoms with Crippen LogP contribution in [0.25, 0.3) is 10.9 Å². The Morgan fingerprint density at radius 2 is 2.29 bits per heavy atom. The number of nitrogens with one attached hydrogen (secondary N) is 1. The molecule has 17 heavy (non-hydrogen) atoms. The van der Waals surface area contributed by atoms with Crippen molar-refractivity contribution in [2.45, 2.75) is 25.9 Å². The van der Waals surface area contributed by atoms with Crippen LogP contribution >= 0.6 is 0 Å². The molecular weight excluding hydrogens is 212 g/mol. The van der Waals surface area contributed by atoms with Gasteiger partial charge in [-0.2, -0.15) is 0 Å². The highest BCUT2D eigenvalue weighted by atomic mass is 16.5. The van der Waals surface area contributed by atoms with Crippen LogP contribution in [0.2, 0.25) is 0 Å². The van der Waals surface area contributed by atoms with Gasteiger partial charge in [0.15, 0.2) is 0 Å². The third-order valence-electron chi connectivity index (χ3n) is 3.89. The van der Waals surface area contributed by atoms with E-state index in [1.165, 1.54) is 22.2 Å². The van der Waals surface area contributed by atoms with E-state index >= 15 is 0 Å². The Kier molecular flexibility index (Phi) is 1.97. The summed E-state index contributed by atoms with van der Waals surface area (Å²) in [5.74, 6) is 1.06. The maximum Gasteiger partial charge on any atom is 0.143 e. The van der Waals surface area contributed by atoms with E-state index in [4.69, 9.17) is 4.74 Å². The zero-order valence-corrected chi connectivity index (χ0v) is 9.83. The molecule has 0 amide bonds. The second-order valence-corrected chi connectivity index (χ2v) is 4.86. The highest BCUT2D eigenvalue weighted by Crippen LogP contribution is 2.35. The van der Waals surface area contributed by atoms with Crippen LogP contribution in [-0.2, 0) is 19.5 Å². The average molecular weight is 228 g/mol. The molecule has 88 valence electrons. The molecule has 3 nitrogen and oxygen atoms in total. The molecule has 0 spiro atoms. The van der Waals surface area contributed by atoms with Crippen LogP contribution in [0.3, 0.4) is 0 Å². The second kappa shape index (κ2) is 3.50. The monoisotopic (exact) mass is 228 g/mol. The van der Waals surface area contributed by atoms with Crippen LogP contribution in [0.1, 0.15) is 17.7 Å². The lowest BCUT2D eigenvalue weighted by atomic mass is 10.1. The number of hydrogen-bond donors (Lipinski definition) is 1. The fourth-order valence-electron chi connectivity index (χ4n) is 3.17. The van der Waals surface area contributed by atoms with E-state index in [1.54, 1.807) is 0 Å². The molecular formula is C14H16N2O. The third kappa shape index (κ3) is 1.26. The quantitative estimate of drug-likeness (QED) is 0.747. The zero-order valence-electron chi connectivity index (χ0n) is 9.83. The molecule has 0 saturated heterocycles. The first-order chi connectivity index (χ1) is 8.45. The van der Waals surface area contributed by atoms with Gasteiger partial charge in [-0.05, 0) is 18.1 Å². The summed E-state index contributed by atoms with van der Waals surface area (Å²) in [5.41, 5.74) is 4.33. The lowest BCUT2D eigenvalue weighted by Gasteiger charge is -2.16. The van der Waals surface area contributed by atoms with Crippen molar-refractivity contribution in [1.82, 2.24) is 9.88 Å². The highest BCUT2D eigenvalue weighted by molar-refractivity contribution is 5.90. The molecule has 0 radical (unpaired) electrons. The summed E-state index contributed by atoms with van der Waals surface area (Å²) < 4.78 is 8.35. The molecule has 2 aliphatic rings. The summed E-state index contributed by atoms with van der Waals surface area (Å²) in [7, 11) is 0. The highest BCUT2D eigenvalue weighted by Gasteiger charge is 2.22. The molecule has 0 unspecified atom stereocenters. The van der Waals surface area contributed by atoms with Gasteiger partial charge in [-0.3, -0.25) is 0 Å². The fourth-order valence-corrected chi connectivity index (χ4v) is 3.17. The van der Waals surface area contributed by atoms with Gasteiger partial charge in [-0.25, -0.2) is 0 Å². The maximum absolute atomic E-state index is 5.86. The number of para-hydroxylation sites is 1. The predicted molar refractivity (Wildman–Crippen MR) is 67.5 cm³/mol. The van der Waals surface area contributed by atoms with Crippen molar-refractivity contribution in [1.29, 1.82) is 0 Å². The van der Waals surface area contributed by atoms with E-state index in [2.05, 4.69) is 28.1 Å². The smallest absolute Gasteiger partial charge is 0.143 e. The summed E-state index contributed by atoms with van der Waals surface area (Å²) in [5, 5.41) is 4.85. The molecule has 1 aromatic carbocycles. The Morgan fingerprint density at radius 1 is 1.29 bits per heavy atom. The van der Waals surface area contributed by atoms with Crippen LogP contribution in [0, 0.1) is 0 Å². The first-order valence-electron chi connectivity index (χ1n) is 6.41. The Bertz CT molecular complexity index is 585. The summed E-state index contributed by atoms with van der Waals surface area (Å²) in [6.45, 7) is 4.04. The third-order valence-corrected chi connectivity index (χ3v) is 3.89. The summed E-state index contributed by atoms with van der Waals surface area (Å²) in [4.78, 5) is 0. The van der Waals surface area contributed by atoms with Gasteiger partial charge in [0.05, 0.1) is 12.1 Å². The first-order valence-corrected chi connectivity index (χ1v) is 6.41. The molecule has 2 aromatic rings. The van der Waals surface area contributed by atoms with Crippen molar-refractivity contribution in [2.75, 3.05) is 13.2 Å². The Hall–Kier alpha value is -1.48. The number of aryl methyl sites for hydroxylation is 1. The lowest BCUT2D eigenvalue weighted by Crippen LogP contribution is -2.24. The lowest BCUT2D eigenvalue weighted by molar-refractivity contribution is 0.315. The zero-order chi connectivity index (χ0) is 11.2. The Labute approximate surface area is 100 Å². The minimum Gasteiger partial charge on any atom is -0.491 e. The van der Waals surface area contributed by atoms with E-state index < -0.39 is 0 Å². The number of hydrogen-bond acceptors (Lipinski definition) is 2. The Morgan fingerprint density at radius 3 is 3.29 bits per heavy atom. The minimum absolute atomic E-state index is 0.841. The number of aromatic nitrogens is 1. The average Bonchev–Trinajstić information content (AvgIpc) is 2.56.